The topological polar surface area (TPSA) is 63.3 Å². The van der Waals surface area contributed by atoms with Crippen molar-refractivity contribution in [1.82, 2.24) is 0 Å². The van der Waals surface area contributed by atoms with E-state index in [4.69, 9.17) is 22.4 Å². The lowest BCUT2D eigenvalue weighted by molar-refractivity contribution is -0.145. The number of rotatable bonds is 1. The number of hydrogen-bond donors (Lipinski definition) is 2. The summed E-state index contributed by atoms with van der Waals surface area (Å²) in [6.07, 6.45) is 2.87. The normalized spacial score (nSPS) is 51.3. The third kappa shape index (κ3) is 0.783. The quantitative estimate of drug-likeness (QED) is 0.600. The summed E-state index contributed by atoms with van der Waals surface area (Å²) in [5.41, 5.74) is 4.65. The van der Waals surface area contributed by atoms with E-state index in [2.05, 4.69) is 0 Å². The van der Waals surface area contributed by atoms with Gasteiger partial charge in [-0.2, -0.15) is 0 Å². The van der Waals surface area contributed by atoms with E-state index in [0.29, 0.717) is 5.92 Å². The van der Waals surface area contributed by atoms with Crippen LogP contribution in [0.4, 0.5) is 0 Å². The van der Waals surface area contributed by atoms with E-state index >= 15 is 0 Å². The van der Waals surface area contributed by atoms with Crippen LogP contribution in [0.3, 0.4) is 0 Å². The average Bonchev–Trinajstić information content (AvgIpc) is 2.55. The van der Waals surface area contributed by atoms with Crippen molar-refractivity contribution in [2.24, 2.45) is 17.6 Å². The molecular weight excluding hydrogens is 178 g/mol. The van der Waals surface area contributed by atoms with Gasteiger partial charge in [-0.05, 0) is 31.1 Å². The first-order valence-electron chi connectivity index (χ1n) is 4.23. The minimum atomic E-state index is -1.15. The second kappa shape index (κ2) is 2.36. The van der Waals surface area contributed by atoms with Crippen LogP contribution in [0.25, 0.3) is 0 Å². The van der Waals surface area contributed by atoms with Crippen molar-refractivity contribution in [3.63, 3.8) is 0 Å². The molecule has 3 N–H and O–H groups in total. The molecule has 2 saturated carbocycles. The first kappa shape index (κ1) is 8.32. The van der Waals surface area contributed by atoms with Crippen molar-refractivity contribution >= 4 is 17.6 Å². The second-order valence-electron chi connectivity index (χ2n) is 3.91. The summed E-state index contributed by atoms with van der Waals surface area (Å²) in [5.74, 6) is -0.505. The maximum absolute atomic E-state index is 10.9. The molecule has 2 fully saturated rings. The highest BCUT2D eigenvalue weighted by molar-refractivity contribution is 6.24. The summed E-state index contributed by atoms with van der Waals surface area (Å²) in [7, 11) is 0. The number of alkyl halides is 1. The molecule has 0 aromatic carbocycles. The Morgan fingerprint density at radius 1 is 1.58 bits per heavy atom. The fourth-order valence-corrected chi connectivity index (χ4v) is 3.12. The number of nitrogens with two attached hydrogens (primary N) is 1. The van der Waals surface area contributed by atoms with Gasteiger partial charge in [-0.15, -0.1) is 11.6 Å². The largest absolute Gasteiger partial charge is 0.480 e. The highest BCUT2D eigenvalue weighted by Gasteiger charge is 2.60. The van der Waals surface area contributed by atoms with Crippen LogP contribution in [0, 0.1) is 11.8 Å². The van der Waals surface area contributed by atoms with Crippen molar-refractivity contribution in [3.8, 4) is 0 Å². The minimum Gasteiger partial charge on any atom is -0.480 e. The highest BCUT2D eigenvalue weighted by atomic mass is 35.5. The summed E-state index contributed by atoms with van der Waals surface area (Å²) in [4.78, 5) is 10.9. The van der Waals surface area contributed by atoms with Gasteiger partial charge in [-0.1, -0.05) is 0 Å². The molecule has 12 heavy (non-hydrogen) atoms. The summed E-state index contributed by atoms with van der Waals surface area (Å²) >= 11 is 6.01. The lowest BCUT2D eigenvalue weighted by Gasteiger charge is -2.33. The summed E-state index contributed by atoms with van der Waals surface area (Å²) in [6, 6.07) is 0. The van der Waals surface area contributed by atoms with Crippen molar-refractivity contribution in [1.29, 1.82) is 0 Å². The number of halogens is 1. The Morgan fingerprint density at radius 2 is 2.25 bits per heavy atom. The van der Waals surface area contributed by atoms with E-state index in [0.717, 1.165) is 19.3 Å². The fourth-order valence-electron chi connectivity index (χ4n) is 2.62. The van der Waals surface area contributed by atoms with Crippen LogP contribution in [0.2, 0.25) is 0 Å². The summed E-state index contributed by atoms with van der Waals surface area (Å²) in [6.45, 7) is 0. The lowest BCUT2D eigenvalue weighted by Crippen LogP contribution is -2.58. The predicted octanol–water partition coefficient (Wildman–Crippen LogP) is 0.806. The van der Waals surface area contributed by atoms with Crippen LogP contribution >= 0.6 is 11.6 Å². The predicted molar refractivity (Wildman–Crippen MR) is 45.0 cm³/mol. The zero-order valence-corrected chi connectivity index (χ0v) is 7.42. The van der Waals surface area contributed by atoms with Gasteiger partial charge in [0.1, 0.15) is 5.54 Å². The number of carboxylic acids is 1. The van der Waals surface area contributed by atoms with Crippen molar-refractivity contribution in [2.75, 3.05) is 0 Å². The molecule has 0 radical (unpaired) electrons. The van der Waals surface area contributed by atoms with Gasteiger partial charge < -0.3 is 10.8 Å². The van der Waals surface area contributed by atoms with E-state index in [9.17, 15) is 4.79 Å². The van der Waals surface area contributed by atoms with Crippen molar-refractivity contribution in [2.45, 2.75) is 30.2 Å². The van der Waals surface area contributed by atoms with Crippen molar-refractivity contribution in [3.05, 3.63) is 0 Å². The number of fused-ring (bicyclic) bond motifs is 2. The SMILES string of the molecule is N[C@]1(C(=O)O)[C@H]2CC[C@@H](C2)[C@H]1Cl. The third-order valence-electron chi connectivity index (χ3n) is 3.39. The smallest absolute Gasteiger partial charge is 0.325 e. The lowest BCUT2D eigenvalue weighted by atomic mass is 9.81. The van der Waals surface area contributed by atoms with Gasteiger partial charge in [-0.3, -0.25) is 4.79 Å². The third-order valence-corrected chi connectivity index (χ3v) is 4.11. The molecule has 2 rings (SSSR count). The molecule has 2 aliphatic carbocycles. The Labute approximate surface area is 75.9 Å². The zero-order chi connectivity index (χ0) is 8.93. The maximum atomic E-state index is 10.9. The standard InChI is InChI=1S/C8H12ClNO2/c9-6-4-1-2-5(3-4)8(6,10)7(11)12/h4-6H,1-3,10H2,(H,11,12)/t4-,5-,6+,8+/m0/s1. The number of carboxylic acid groups (broad SMARTS) is 1. The maximum Gasteiger partial charge on any atom is 0.325 e. The minimum absolute atomic E-state index is 0.0995. The number of carbonyl (C=O) groups is 1. The van der Waals surface area contributed by atoms with Crippen LogP contribution in [-0.2, 0) is 4.79 Å². The van der Waals surface area contributed by atoms with E-state index in [1.165, 1.54) is 0 Å². The Kier molecular flexibility index (Phi) is 1.64. The molecule has 0 spiro atoms. The van der Waals surface area contributed by atoms with Crippen LogP contribution in [-0.4, -0.2) is 22.0 Å². The first-order valence-corrected chi connectivity index (χ1v) is 4.66. The van der Waals surface area contributed by atoms with Gasteiger partial charge in [0.2, 0.25) is 0 Å². The number of hydrogen-bond acceptors (Lipinski definition) is 2. The van der Waals surface area contributed by atoms with Crippen LogP contribution in [0.15, 0.2) is 0 Å². The summed E-state index contributed by atoms with van der Waals surface area (Å²) in [5, 5.41) is 8.59. The Bertz CT molecular complexity index is 229. The van der Waals surface area contributed by atoms with Crippen LogP contribution < -0.4 is 5.73 Å². The van der Waals surface area contributed by atoms with Gasteiger partial charge in [0, 0.05) is 0 Å². The molecule has 0 aromatic heterocycles. The van der Waals surface area contributed by atoms with Crippen molar-refractivity contribution < 1.29 is 9.90 Å². The molecule has 0 amide bonds. The molecule has 2 aliphatic rings. The zero-order valence-electron chi connectivity index (χ0n) is 6.66. The van der Waals surface area contributed by atoms with Gasteiger partial charge in [0.05, 0.1) is 5.38 Å². The molecule has 4 atom stereocenters. The molecule has 3 nitrogen and oxygen atoms in total. The van der Waals surface area contributed by atoms with E-state index < -0.39 is 11.5 Å². The highest BCUT2D eigenvalue weighted by Crippen LogP contribution is 2.52. The van der Waals surface area contributed by atoms with Gasteiger partial charge >= 0.3 is 5.97 Å². The van der Waals surface area contributed by atoms with Gasteiger partial charge in [0.15, 0.2) is 0 Å². The molecule has 0 aliphatic heterocycles. The molecule has 0 unspecified atom stereocenters. The van der Waals surface area contributed by atoms with Gasteiger partial charge in [-0.25, -0.2) is 0 Å². The summed E-state index contributed by atoms with van der Waals surface area (Å²) < 4.78 is 0. The average molecular weight is 190 g/mol. The second-order valence-corrected chi connectivity index (χ2v) is 4.38. The van der Waals surface area contributed by atoms with E-state index in [-0.39, 0.29) is 11.3 Å². The molecule has 68 valence electrons. The first-order chi connectivity index (χ1) is 5.56. The molecular formula is C8H12ClNO2. The Hall–Kier alpha value is -0.280. The fraction of sp³-hybridized carbons (Fsp3) is 0.875. The Morgan fingerprint density at radius 3 is 2.58 bits per heavy atom. The van der Waals surface area contributed by atoms with Crippen LogP contribution in [0.5, 0.6) is 0 Å². The van der Waals surface area contributed by atoms with E-state index in [1.807, 2.05) is 0 Å². The van der Waals surface area contributed by atoms with E-state index in [1.54, 1.807) is 0 Å². The molecule has 0 saturated heterocycles. The number of aliphatic carboxylic acids is 1. The monoisotopic (exact) mass is 189 g/mol. The van der Waals surface area contributed by atoms with Crippen LogP contribution in [0.1, 0.15) is 19.3 Å². The molecule has 4 heteroatoms. The molecule has 0 aromatic rings. The molecule has 2 bridgehead atoms. The Balaban J connectivity index is 2.32. The molecule has 0 heterocycles. The van der Waals surface area contributed by atoms with Gasteiger partial charge in [0.25, 0.3) is 0 Å².